The first-order chi connectivity index (χ1) is 7.59. The van der Waals surface area contributed by atoms with E-state index in [1.807, 2.05) is 0 Å². The maximum Gasteiger partial charge on any atom is 0.416 e. The molecule has 0 saturated carbocycles. The highest BCUT2D eigenvalue weighted by Crippen LogP contribution is 2.35. The van der Waals surface area contributed by atoms with E-state index in [1.165, 1.54) is 12.1 Å². The lowest BCUT2D eigenvalue weighted by atomic mass is 9.96. The fourth-order valence-electron chi connectivity index (χ4n) is 1.71. The van der Waals surface area contributed by atoms with Crippen molar-refractivity contribution < 1.29 is 13.2 Å². The van der Waals surface area contributed by atoms with E-state index in [4.69, 9.17) is 0 Å². The van der Waals surface area contributed by atoms with Crippen molar-refractivity contribution in [2.24, 2.45) is 4.99 Å². The summed E-state index contributed by atoms with van der Waals surface area (Å²) in [5, 5.41) is 0. The van der Waals surface area contributed by atoms with Gasteiger partial charge in [0.1, 0.15) is 0 Å². The molecule has 1 aliphatic heterocycles. The molecular formula is C12H10F3N. The second-order valence-corrected chi connectivity index (χ2v) is 3.52. The Bertz CT molecular complexity index is 444. The third-order valence-corrected chi connectivity index (χ3v) is 2.46. The van der Waals surface area contributed by atoms with Gasteiger partial charge in [-0.25, -0.2) is 0 Å². The highest BCUT2D eigenvalue weighted by Gasteiger charge is 2.33. The average Bonchev–Trinajstić information content (AvgIpc) is 2.29. The summed E-state index contributed by atoms with van der Waals surface area (Å²) >= 11 is 0. The summed E-state index contributed by atoms with van der Waals surface area (Å²) in [6, 6.07) is 5.65. The summed E-state index contributed by atoms with van der Waals surface area (Å²) in [6.07, 6.45) is -0.438. The number of nitrogens with zero attached hydrogens (tertiary/aromatic N) is 1. The van der Waals surface area contributed by atoms with E-state index in [1.54, 1.807) is 18.4 Å². The normalized spacial score (nSPS) is 16.1. The Kier molecular flexibility index (Phi) is 2.81. The van der Waals surface area contributed by atoms with Crippen LogP contribution in [0.5, 0.6) is 0 Å². The monoisotopic (exact) mass is 225 g/mol. The number of dihydropyridines is 1. The van der Waals surface area contributed by atoms with Crippen LogP contribution in [0.1, 0.15) is 17.5 Å². The first-order valence-electron chi connectivity index (χ1n) is 4.93. The van der Waals surface area contributed by atoms with E-state index in [0.717, 1.165) is 6.07 Å². The molecular weight excluding hydrogens is 215 g/mol. The van der Waals surface area contributed by atoms with Crippen molar-refractivity contribution in [3.05, 3.63) is 41.5 Å². The summed E-state index contributed by atoms with van der Waals surface area (Å²) in [5.41, 5.74) is 0.389. The van der Waals surface area contributed by atoms with Gasteiger partial charge in [0.25, 0.3) is 0 Å². The van der Waals surface area contributed by atoms with Gasteiger partial charge < -0.3 is 0 Å². The fourth-order valence-corrected chi connectivity index (χ4v) is 1.71. The number of halogens is 3. The molecule has 0 unspecified atom stereocenters. The summed E-state index contributed by atoms with van der Waals surface area (Å²) in [7, 11) is 0. The van der Waals surface area contributed by atoms with Gasteiger partial charge in [0, 0.05) is 12.6 Å². The summed E-state index contributed by atoms with van der Waals surface area (Å²) in [6.45, 7) is 0.460. The van der Waals surface area contributed by atoms with Crippen LogP contribution in [-0.4, -0.2) is 12.8 Å². The third kappa shape index (κ3) is 2.15. The highest BCUT2D eigenvalue weighted by molar-refractivity contribution is 5.82. The number of rotatable bonds is 1. The largest absolute Gasteiger partial charge is 0.416 e. The van der Waals surface area contributed by atoms with Crippen molar-refractivity contribution in [1.82, 2.24) is 0 Å². The number of benzene rings is 1. The molecule has 1 aliphatic rings. The van der Waals surface area contributed by atoms with Gasteiger partial charge in [-0.3, -0.25) is 4.99 Å². The van der Waals surface area contributed by atoms with Crippen molar-refractivity contribution in [1.29, 1.82) is 0 Å². The standard InChI is InChI=1S/C12H10F3N/c13-12(14,15)11-4-2-1-3-10(11)9-5-7-16-8-6-9/h1-5,8H,6-7H2. The first kappa shape index (κ1) is 10.9. The fraction of sp³-hybridized carbons (Fsp3) is 0.250. The van der Waals surface area contributed by atoms with Crippen LogP contribution in [0.25, 0.3) is 5.57 Å². The van der Waals surface area contributed by atoms with E-state index in [2.05, 4.69) is 4.99 Å². The number of aliphatic imine (C=N–C) groups is 1. The minimum absolute atomic E-state index is 0.265. The SMILES string of the molecule is FC(F)(F)c1ccccc1C1=CCN=CC1. The zero-order valence-electron chi connectivity index (χ0n) is 8.46. The van der Waals surface area contributed by atoms with E-state index < -0.39 is 11.7 Å². The molecule has 0 fully saturated rings. The molecule has 0 atom stereocenters. The van der Waals surface area contributed by atoms with Gasteiger partial charge in [-0.05, 0) is 17.2 Å². The Morgan fingerprint density at radius 2 is 1.88 bits per heavy atom. The Hall–Kier alpha value is -1.58. The molecule has 0 aromatic heterocycles. The van der Waals surface area contributed by atoms with Crippen LogP contribution in [0, 0.1) is 0 Å². The predicted molar refractivity (Wildman–Crippen MR) is 57.4 cm³/mol. The number of allylic oxidation sites excluding steroid dienone is 1. The lowest BCUT2D eigenvalue weighted by molar-refractivity contribution is -0.137. The van der Waals surface area contributed by atoms with Gasteiger partial charge in [0.2, 0.25) is 0 Å². The van der Waals surface area contributed by atoms with Crippen molar-refractivity contribution in [3.63, 3.8) is 0 Å². The Morgan fingerprint density at radius 1 is 1.12 bits per heavy atom. The minimum atomic E-state index is -4.30. The summed E-state index contributed by atoms with van der Waals surface area (Å²) < 4.78 is 38.2. The smallest absolute Gasteiger partial charge is 0.293 e. The highest BCUT2D eigenvalue weighted by atomic mass is 19.4. The minimum Gasteiger partial charge on any atom is -0.293 e. The Balaban J connectivity index is 2.44. The van der Waals surface area contributed by atoms with Gasteiger partial charge in [-0.15, -0.1) is 0 Å². The molecule has 0 spiro atoms. The molecule has 16 heavy (non-hydrogen) atoms. The summed E-state index contributed by atoms with van der Waals surface area (Å²) in [4.78, 5) is 3.96. The van der Waals surface area contributed by atoms with E-state index >= 15 is 0 Å². The summed E-state index contributed by atoms with van der Waals surface area (Å²) in [5.74, 6) is 0. The van der Waals surface area contributed by atoms with Crippen LogP contribution in [-0.2, 0) is 6.18 Å². The van der Waals surface area contributed by atoms with Gasteiger partial charge in [-0.1, -0.05) is 24.3 Å². The molecule has 1 nitrogen and oxygen atoms in total. The first-order valence-corrected chi connectivity index (χ1v) is 4.93. The van der Waals surface area contributed by atoms with E-state index in [0.29, 0.717) is 18.5 Å². The van der Waals surface area contributed by atoms with Crippen molar-refractivity contribution in [3.8, 4) is 0 Å². The van der Waals surface area contributed by atoms with Crippen LogP contribution in [0.4, 0.5) is 13.2 Å². The van der Waals surface area contributed by atoms with Crippen molar-refractivity contribution in [2.45, 2.75) is 12.6 Å². The molecule has 0 bridgehead atoms. The molecule has 1 aromatic rings. The van der Waals surface area contributed by atoms with Gasteiger partial charge >= 0.3 is 6.18 Å². The molecule has 1 aromatic carbocycles. The topological polar surface area (TPSA) is 12.4 Å². The molecule has 0 saturated heterocycles. The molecule has 4 heteroatoms. The third-order valence-electron chi connectivity index (χ3n) is 2.46. The quantitative estimate of drug-likeness (QED) is 0.692. The molecule has 2 rings (SSSR count). The van der Waals surface area contributed by atoms with E-state index in [9.17, 15) is 13.2 Å². The molecule has 1 heterocycles. The Morgan fingerprint density at radius 3 is 2.50 bits per heavy atom. The second-order valence-electron chi connectivity index (χ2n) is 3.52. The van der Waals surface area contributed by atoms with Crippen LogP contribution in [0.3, 0.4) is 0 Å². The molecule has 0 radical (unpaired) electrons. The molecule has 0 amide bonds. The van der Waals surface area contributed by atoms with Crippen molar-refractivity contribution >= 4 is 11.8 Å². The predicted octanol–water partition coefficient (Wildman–Crippen LogP) is 3.56. The van der Waals surface area contributed by atoms with Crippen molar-refractivity contribution in [2.75, 3.05) is 6.54 Å². The zero-order chi connectivity index (χ0) is 11.6. The lowest BCUT2D eigenvalue weighted by Gasteiger charge is -2.15. The van der Waals surface area contributed by atoms with Crippen LogP contribution in [0.2, 0.25) is 0 Å². The maximum atomic E-state index is 12.7. The lowest BCUT2D eigenvalue weighted by Crippen LogP contribution is -2.09. The zero-order valence-corrected chi connectivity index (χ0v) is 8.46. The second kappa shape index (κ2) is 4.12. The maximum absolute atomic E-state index is 12.7. The van der Waals surface area contributed by atoms with E-state index in [-0.39, 0.29) is 5.56 Å². The number of alkyl halides is 3. The number of hydrogen-bond donors (Lipinski definition) is 0. The van der Waals surface area contributed by atoms with Crippen LogP contribution >= 0.6 is 0 Å². The molecule has 0 N–H and O–H groups in total. The molecule has 0 aliphatic carbocycles. The van der Waals surface area contributed by atoms with Gasteiger partial charge in [0.15, 0.2) is 0 Å². The molecule has 84 valence electrons. The van der Waals surface area contributed by atoms with Gasteiger partial charge in [-0.2, -0.15) is 13.2 Å². The average molecular weight is 225 g/mol. The van der Waals surface area contributed by atoms with Crippen LogP contribution < -0.4 is 0 Å². The van der Waals surface area contributed by atoms with Gasteiger partial charge in [0.05, 0.1) is 12.1 Å². The Labute approximate surface area is 91.3 Å². The van der Waals surface area contributed by atoms with Crippen LogP contribution in [0.15, 0.2) is 35.3 Å². The number of hydrogen-bond acceptors (Lipinski definition) is 1.